The molecule has 0 spiro atoms. The van der Waals surface area contributed by atoms with Gasteiger partial charge in [0.2, 0.25) is 0 Å². The van der Waals surface area contributed by atoms with Gasteiger partial charge in [-0.1, -0.05) is 0 Å². The fourth-order valence-electron chi connectivity index (χ4n) is 1.48. The zero-order chi connectivity index (χ0) is 9.97. The number of benzene rings is 1. The van der Waals surface area contributed by atoms with Crippen LogP contribution in [0.15, 0.2) is 24.3 Å². The molecule has 1 fully saturated rings. The van der Waals surface area contributed by atoms with E-state index in [1.54, 1.807) is 12.1 Å². The van der Waals surface area contributed by atoms with Crippen molar-refractivity contribution in [1.82, 2.24) is 0 Å². The van der Waals surface area contributed by atoms with E-state index >= 15 is 0 Å². The Hall–Kier alpha value is -1.13. The molecule has 0 aromatic heterocycles. The predicted molar refractivity (Wildman–Crippen MR) is 52.6 cm³/mol. The van der Waals surface area contributed by atoms with Crippen LogP contribution in [0.25, 0.3) is 0 Å². The Balaban J connectivity index is 2.00. The lowest BCUT2D eigenvalue weighted by molar-refractivity contribution is 0.192. The summed E-state index contributed by atoms with van der Waals surface area (Å²) in [5, 5.41) is 3.20. The van der Waals surface area contributed by atoms with E-state index in [4.69, 9.17) is 10.5 Å². The number of hydrogen-bond acceptors (Lipinski definition) is 3. The lowest BCUT2D eigenvalue weighted by atomic mass is 10.2. The van der Waals surface area contributed by atoms with Crippen molar-refractivity contribution in [3.05, 3.63) is 30.1 Å². The fraction of sp³-hybridized carbons (Fsp3) is 0.400. The molecule has 14 heavy (non-hydrogen) atoms. The van der Waals surface area contributed by atoms with Gasteiger partial charge >= 0.3 is 0 Å². The Morgan fingerprint density at radius 3 is 2.57 bits per heavy atom. The Kier molecular flexibility index (Phi) is 2.65. The van der Waals surface area contributed by atoms with Crippen LogP contribution >= 0.6 is 0 Å². The average molecular weight is 196 g/mol. The third kappa shape index (κ3) is 2.02. The second-order valence-corrected chi connectivity index (χ2v) is 3.46. The minimum absolute atomic E-state index is 0.0139. The molecular weight excluding hydrogens is 183 g/mol. The van der Waals surface area contributed by atoms with Gasteiger partial charge in [0.15, 0.2) is 0 Å². The largest absolute Gasteiger partial charge is 0.378 e. The Bertz CT molecular complexity index is 301. The molecule has 1 heterocycles. The summed E-state index contributed by atoms with van der Waals surface area (Å²) in [6.07, 6.45) is 0. The van der Waals surface area contributed by atoms with Crippen molar-refractivity contribution in [2.24, 2.45) is 5.73 Å². The Morgan fingerprint density at radius 2 is 2.00 bits per heavy atom. The molecule has 2 rings (SSSR count). The third-order valence-electron chi connectivity index (χ3n) is 2.32. The van der Waals surface area contributed by atoms with Crippen molar-refractivity contribution >= 4 is 5.69 Å². The number of nitrogens with one attached hydrogen (secondary N) is 1. The molecule has 1 aromatic rings. The van der Waals surface area contributed by atoms with Crippen LogP contribution in [-0.2, 0) is 4.74 Å². The molecule has 0 amide bonds. The monoisotopic (exact) mass is 196 g/mol. The molecule has 0 unspecified atom stereocenters. The number of halogens is 1. The number of anilines is 1. The molecule has 1 aromatic carbocycles. The van der Waals surface area contributed by atoms with Crippen LogP contribution in [0, 0.1) is 5.82 Å². The topological polar surface area (TPSA) is 47.3 Å². The molecule has 0 saturated carbocycles. The summed E-state index contributed by atoms with van der Waals surface area (Å²) in [5.41, 5.74) is 6.67. The van der Waals surface area contributed by atoms with Gasteiger partial charge in [-0.05, 0) is 24.3 Å². The van der Waals surface area contributed by atoms with Gasteiger partial charge in [-0.2, -0.15) is 0 Å². The molecule has 2 atom stereocenters. The Labute approximate surface area is 82.1 Å². The summed E-state index contributed by atoms with van der Waals surface area (Å²) in [7, 11) is 0. The molecule has 4 heteroatoms. The highest BCUT2D eigenvalue weighted by Gasteiger charge is 2.24. The minimum atomic E-state index is -0.234. The highest BCUT2D eigenvalue weighted by molar-refractivity contribution is 5.44. The number of rotatable bonds is 2. The molecule has 3 N–H and O–H groups in total. The zero-order valence-electron chi connectivity index (χ0n) is 7.74. The highest BCUT2D eigenvalue weighted by Crippen LogP contribution is 2.13. The van der Waals surface area contributed by atoms with Crippen LogP contribution in [0.2, 0.25) is 0 Å². The Morgan fingerprint density at radius 1 is 1.29 bits per heavy atom. The first-order valence-electron chi connectivity index (χ1n) is 4.61. The summed E-state index contributed by atoms with van der Waals surface area (Å²) < 4.78 is 17.8. The van der Waals surface area contributed by atoms with E-state index in [0.29, 0.717) is 13.2 Å². The number of hydrogen-bond donors (Lipinski definition) is 2. The van der Waals surface area contributed by atoms with Gasteiger partial charge in [0.1, 0.15) is 5.82 Å². The first-order chi connectivity index (χ1) is 6.75. The summed E-state index contributed by atoms with van der Waals surface area (Å²) in [6.45, 7) is 1.19. The molecule has 1 aliphatic heterocycles. The molecule has 0 bridgehead atoms. The van der Waals surface area contributed by atoms with E-state index in [1.165, 1.54) is 12.1 Å². The van der Waals surface area contributed by atoms with E-state index in [9.17, 15) is 4.39 Å². The summed E-state index contributed by atoms with van der Waals surface area (Å²) >= 11 is 0. The molecule has 1 aliphatic rings. The van der Waals surface area contributed by atoms with Gasteiger partial charge in [0.25, 0.3) is 0 Å². The van der Waals surface area contributed by atoms with Crippen LogP contribution in [0.3, 0.4) is 0 Å². The number of ether oxygens (including phenoxy) is 1. The summed E-state index contributed by atoms with van der Waals surface area (Å²) in [5.74, 6) is -0.234. The van der Waals surface area contributed by atoms with E-state index in [0.717, 1.165) is 5.69 Å². The number of nitrogens with two attached hydrogens (primary N) is 1. The van der Waals surface area contributed by atoms with Crippen LogP contribution < -0.4 is 11.1 Å². The first-order valence-corrected chi connectivity index (χ1v) is 4.61. The van der Waals surface area contributed by atoms with Crippen molar-refractivity contribution in [1.29, 1.82) is 0 Å². The average Bonchev–Trinajstić information content (AvgIpc) is 2.56. The highest BCUT2D eigenvalue weighted by atomic mass is 19.1. The lowest BCUT2D eigenvalue weighted by Gasteiger charge is -2.16. The van der Waals surface area contributed by atoms with Crippen molar-refractivity contribution in [2.75, 3.05) is 18.5 Å². The van der Waals surface area contributed by atoms with Crippen molar-refractivity contribution in [3.8, 4) is 0 Å². The molecule has 0 aliphatic carbocycles. The molecular formula is C10H13FN2O. The van der Waals surface area contributed by atoms with E-state index < -0.39 is 0 Å². The second kappa shape index (κ2) is 3.94. The van der Waals surface area contributed by atoms with E-state index in [-0.39, 0.29) is 17.9 Å². The summed E-state index contributed by atoms with van der Waals surface area (Å²) in [6, 6.07) is 6.37. The minimum Gasteiger partial charge on any atom is -0.378 e. The van der Waals surface area contributed by atoms with Crippen LogP contribution in [0.4, 0.5) is 10.1 Å². The van der Waals surface area contributed by atoms with Gasteiger partial charge in [-0.3, -0.25) is 0 Å². The molecule has 1 saturated heterocycles. The van der Waals surface area contributed by atoms with Gasteiger partial charge in [0, 0.05) is 5.69 Å². The SMILES string of the molecule is N[C@H]1COC[C@@H]1Nc1ccc(F)cc1. The zero-order valence-corrected chi connectivity index (χ0v) is 7.74. The maximum absolute atomic E-state index is 12.6. The van der Waals surface area contributed by atoms with E-state index in [2.05, 4.69) is 5.32 Å². The third-order valence-corrected chi connectivity index (χ3v) is 2.32. The van der Waals surface area contributed by atoms with Gasteiger partial charge in [-0.25, -0.2) is 4.39 Å². The van der Waals surface area contributed by atoms with Gasteiger partial charge in [0.05, 0.1) is 25.3 Å². The van der Waals surface area contributed by atoms with Crippen molar-refractivity contribution in [2.45, 2.75) is 12.1 Å². The van der Waals surface area contributed by atoms with Crippen molar-refractivity contribution in [3.63, 3.8) is 0 Å². The van der Waals surface area contributed by atoms with Crippen LogP contribution in [0.1, 0.15) is 0 Å². The normalized spacial score (nSPS) is 26.4. The second-order valence-electron chi connectivity index (χ2n) is 3.46. The van der Waals surface area contributed by atoms with Gasteiger partial charge in [-0.15, -0.1) is 0 Å². The maximum atomic E-state index is 12.6. The molecule has 76 valence electrons. The first kappa shape index (κ1) is 9.43. The molecule has 0 radical (unpaired) electrons. The fourth-order valence-corrected chi connectivity index (χ4v) is 1.48. The molecule has 3 nitrogen and oxygen atoms in total. The lowest BCUT2D eigenvalue weighted by Crippen LogP contribution is -2.38. The summed E-state index contributed by atoms with van der Waals surface area (Å²) in [4.78, 5) is 0. The van der Waals surface area contributed by atoms with Crippen LogP contribution in [0.5, 0.6) is 0 Å². The van der Waals surface area contributed by atoms with Gasteiger partial charge < -0.3 is 15.8 Å². The predicted octanol–water partition coefficient (Wildman–Crippen LogP) is 0.964. The van der Waals surface area contributed by atoms with Crippen molar-refractivity contribution < 1.29 is 9.13 Å². The standard InChI is InChI=1S/C10H13FN2O/c11-7-1-3-8(4-2-7)13-10-6-14-5-9(10)12/h1-4,9-10,13H,5-6,12H2/t9-,10-/m0/s1. The van der Waals surface area contributed by atoms with E-state index in [1.807, 2.05) is 0 Å². The maximum Gasteiger partial charge on any atom is 0.123 e. The quantitative estimate of drug-likeness (QED) is 0.740. The van der Waals surface area contributed by atoms with Crippen LogP contribution in [-0.4, -0.2) is 25.3 Å². The smallest absolute Gasteiger partial charge is 0.123 e.